The van der Waals surface area contributed by atoms with Gasteiger partial charge in [0.1, 0.15) is 12.2 Å². The fourth-order valence-corrected chi connectivity index (χ4v) is 2.40. The number of nitrogens with two attached hydrogens (primary N) is 1. The van der Waals surface area contributed by atoms with Crippen LogP contribution in [0.25, 0.3) is 0 Å². The van der Waals surface area contributed by atoms with Gasteiger partial charge in [0, 0.05) is 17.6 Å². The van der Waals surface area contributed by atoms with Crippen molar-refractivity contribution < 1.29 is 0 Å². The first-order valence-electron chi connectivity index (χ1n) is 4.99. The van der Waals surface area contributed by atoms with Gasteiger partial charge in [-0.05, 0) is 18.6 Å². The molecule has 0 spiro atoms. The number of hydrogen-bond acceptors (Lipinski definition) is 4. The molecule has 5 heteroatoms. The van der Waals surface area contributed by atoms with Crippen LogP contribution >= 0.6 is 11.8 Å². The van der Waals surface area contributed by atoms with Crippen molar-refractivity contribution in [2.45, 2.75) is 17.6 Å². The van der Waals surface area contributed by atoms with Crippen molar-refractivity contribution in [3.63, 3.8) is 0 Å². The predicted molar refractivity (Wildman–Crippen MR) is 66.2 cm³/mol. The lowest BCUT2D eigenvalue weighted by Crippen LogP contribution is -1.96. The fraction of sp³-hybridized carbons (Fsp3) is 0.273. The van der Waals surface area contributed by atoms with Gasteiger partial charge >= 0.3 is 0 Å². The summed E-state index contributed by atoms with van der Waals surface area (Å²) in [6.45, 7) is 2.02. The monoisotopic (exact) mass is 234 g/mol. The summed E-state index contributed by atoms with van der Waals surface area (Å²) in [4.78, 5) is 1.10. The number of anilines is 1. The zero-order valence-corrected chi connectivity index (χ0v) is 10.2. The zero-order chi connectivity index (χ0) is 11.5. The summed E-state index contributed by atoms with van der Waals surface area (Å²) in [5.41, 5.74) is 7.97. The van der Waals surface area contributed by atoms with Crippen molar-refractivity contribution in [2.75, 3.05) is 5.73 Å². The summed E-state index contributed by atoms with van der Waals surface area (Å²) in [5, 5.41) is 7.88. The van der Waals surface area contributed by atoms with E-state index in [1.54, 1.807) is 18.1 Å². The summed E-state index contributed by atoms with van der Waals surface area (Å²) in [6, 6.07) is 6.07. The van der Waals surface area contributed by atoms with E-state index >= 15 is 0 Å². The molecule has 2 N–H and O–H groups in total. The fourth-order valence-electron chi connectivity index (χ4n) is 1.36. The van der Waals surface area contributed by atoms with Crippen LogP contribution < -0.4 is 5.73 Å². The van der Waals surface area contributed by atoms with Gasteiger partial charge in [-0.3, -0.25) is 0 Å². The molecule has 16 heavy (non-hydrogen) atoms. The molecule has 84 valence electrons. The Kier molecular flexibility index (Phi) is 3.14. The van der Waals surface area contributed by atoms with E-state index in [1.165, 1.54) is 0 Å². The van der Waals surface area contributed by atoms with Crippen LogP contribution in [0.5, 0.6) is 0 Å². The molecule has 0 unspecified atom stereocenters. The highest BCUT2D eigenvalue weighted by Gasteiger charge is 2.05. The summed E-state index contributed by atoms with van der Waals surface area (Å²) in [5.74, 6) is 1.73. The molecule has 1 aromatic heterocycles. The van der Waals surface area contributed by atoms with E-state index in [1.807, 2.05) is 36.7 Å². The maximum absolute atomic E-state index is 6.00. The number of aromatic nitrogens is 3. The Balaban J connectivity index is 2.11. The largest absolute Gasteiger partial charge is 0.398 e. The molecule has 0 atom stereocenters. The third kappa shape index (κ3) is 2.19. The second-order valence-corrected chi connectivity index (χ2v) is 4.65. The molecule has 1 heterocycles. The van der Waals surface area contributed by atoms with Gasteiger partial charge in [-0.2, -0.15) is 0 Å². The minimum Gasteiger partial charge on any atom is -0.398 e. The van der Waals surface area contributed by atoms with Crippen LogP contribution in [0.15, 0.2) is 29.4 Å². The first-order valence-corrected chi connectivity index (χ1v) is 5.98. The minimum atomic E-state index is 0.782. The van der Waals surface area contributed by atoms with Gasteiger partial charge in [0.2, 0.25) is 0 Å². The molecule has 2 rings (SSSR count). The van der Waals surface area contributed by atoms with Gasteiger partial charge in [0.15, 0.2) is 0 Å². The average molecular weight is 234 g/mol. The Labute approximate surface area is 98.9 Å². The lowest BCUT2D eigenvalue weighted by atomic mass is 10.2. The number of nitrogen functional groups attached to an aromatic ring is 1. The van der Waals surface area contributed by atoms with Gasteiger partial charge in [0.25, 0.3) is 0 Å². The van der Waals surface area contributed by atoms with Crippen LogP contribution in [0, 0.1) is 6.92 Å². The molecule has 0 radical (unpaired) electrons. The molecule has 0 amide bonds. The van der Waals surface area contributed by atoms with E-state index < -0.39 is 0 Å². The van der Waals surface area contributed by atoms with Crippen molar-refractivity contribution in [1.29, 1.82) is 0 Å². The number of hydrogen-bond donors (Lipinski definition) is 1. The van der Waals surface area contributed by atoms with Crippen LogP contribution in [0.1, 0.15) is 11.4 Å². The smallest absolute Gasteiger partial charge is 0.142 e. The molecule has 0 saturated heterocycles. The first kappa shape index (κ1) is 11.0. The van der Waals surface area contributed by atoms with E-state index in [-0.39, 0.29) is 0 Å². The molecule has 0 fully saturated rings. The van der Waals surface area contributed by atoms with Crippen LogP contribution in [0.4, 0.5) is 5.69 Å². The van der Waals surface area contributed by atoms with E-state index in [9.17, 15) is 0 Å². The lowest BCUT2D eigenvalue weighted by molar-refractivity contribution is 0.849. The Morgan fingerprint density at radius 1 is 1.44 bits per heavy atom. The average Bonchev–Trinajstić information content (AvgIpc) is 2.67. The van der Waals surface area contributed by atoms with E-state index in [4.69, 9.17) is 5.73 Å². The summed E-state index contributed by atoms with van der Waals surface area (Å²) >= 11 is 1.68. The summed E-state index contributed by atoms with van der Waals surface area (Å²) in [6.07, 6.45) is 1.70. The second-order valence-electron chi connectivity index (χ2n) is 3.63. The van der Waals surface area contributed by atoms with Gasteiger partial charge < -0.3 is 10.3 Å². The highest BCUT2D eigenvalue weighted by molar-refractivity contribution is 7.98. The van der Waals surface area contributed by atoms with Crippen LogP contribution in [-0.4, -0.2) is 14.8 Å². The lowest BCUT2D eigenvalue weighted by Gasteiger charge is -2.07. The van der Waals surface area contributed by atoms with Crippen molar-refractivity contribution in [2.24, 2.45) is 7.05 Å². The molecular formula is C11H14N4S. The molecule has 0 aliphatic carbocycles. The van der Waals surface area contributed by atoms with Gasteiger partial charge in [-0.25, -0.2) is 0 Å². The Morgan fingerprint density at radius 2 is 2.25 bits per heavy atom. The minimum absolute atomic E-state index is 0.782. The zero-order valence-electron chi connectivity index (χ0n) is 9.34. The van der Waals surface area contributed by atoms with Gasteiger partial charge in [0.05, 0.1) is 5.75 Å². The topological polar surface area (TPSA) is 56.7 Å². The standard InChI is InChI=1S/C11H14N4S/c1-8-4-3-5-9(11(8)12)16-6-10-14-13-7-15(10)2/h3-5,7H,6,12H2,1-2H3. The Morgan fingerprint density at radius 3 is 2.94 bits per heavy atom. The highest BCUT2D eigenvalue weighted by Crippen LogP contribution is 2.29. The van der Waals surface area contributed by atoms with Crippen LogP contribution in [0.2, 0.25) is 0 Å². The maximum Gasteiger partial charge on any atom is 0.142 e. The van der Waals surface area contributed by atoms with Crippen LogP contribution in [-0.2, 0) is 12.8 Å². The van der Waals surface area contributed by atoms with Gasteiger partial charge in [-0.1, -0.05) is 12.1 Å². The number of benzene rings is 1. The SMILES string of the molecule is Cc1cccc(SCc2nncn2C)c1N. The van der Waals surface area contributed by atoms with E-state index in [0.29, 0.717) is 0 Å². The van der Waals surface area contributed by atoms with Crippen molar-refractivity contribution in [3.05, 3.63) is 35.9 Å². The molecule has 0 saturated carbocycles. The van der Waals surface area contributed by atoms with Crippen molar-refractivity contribution in [1.82, 2.24) is 14.8 Å². The number of aryl methyl sites for hydroxylation is 2. The maximum atomic E-state index is 6.00. The molecule has 0 aliphatic heterocycles. The van der Waals surface area contributed by atoms with E-state index in [0.717, 1.165) is 27.7 Å². The molecular weight excluding hydrogens is 220 g/mol. The highest BCUT2D eigenvalue weighted by atomic mass is 32.2. The van der Waals surface area contributed by atoms with E-state index in [2.05, 4.69) is 10.2 Å². The summed E-state index contributed by atoms with van der Waals surface area (Å²) in [7, 11) is 1.94. The number of nitrogens with zero attached hydrogens (tertiary/aromatic N) is 3. The second kappa shape index (κ2) is 4.57. The first-order chi connectivity index (χ1) is 7.68. The van der Waals surface area contributed by atoms with Crippen molar-refractivity contribution in [3.8, 4) is 0 Å². The predicted octanol–water partition coefficient (Wildman–Crippen LogP) is 2.00. The molecule has 1 aromatic carbocycles. The number of rotatable bonds is 3. The molecule has 0 aliphatic rings. The third-order valence-corrected chi connectivity index (χ3v) is 3.52. The van der Waals surface area contributed by atoms with Gasteiger partial charge in [-0.15, -0.1) is 22.0 Å². The molecule has 4 nitrogen and oxygen atoms in total. The third-order valence-electron chi connectivity index (χ3n) is 2.45. The quantitative estimate of drug-likeness (QED) is 0.652. The molecule has 0 bridgehead atoms. The molecule has 2 aromatic rings. The Bertz CT molecular complexity index is 492. The summed E-state index contributed by atoms with van der Waals surface area (Å²) < 4.78 is 1.92. The number of thioether (sulfide) groups is 1. The normalized spacial score (nSPS) is 10.6. The van der Waals surface area contributed by atoms with Crippen molar-refractivity contribution >= 4 is 17.4 Å². The Hall–Kier alpha value is -1.49. The number of para-hydroxylation sites is 1. The van der Waals surface area contributed by atoms with Crippen LogP contribution in [0.3, 0.4) is 0 Å².